The van der Waals surface area contributed by atoms with E-state index < -0.39 is 5.97 Å². The summed E-state index contributed by atoms with van der Waals surface area (Å²) in [6.45, 7) is 0.409. The van der Waals surface area contributed by atoms with E-state index in [4.69, 9.17) is 9.52 Å². The molecule has 1 aliphatic rings. The molecule has 0 radical (unpaired) electrons. The van der Waals surface area contributed by atoms with Crippen LogP contribution in [-0.4, -0.2) is 25.6 Å². The van der Waals surface area contributed by atoms with Gasteiger partial charge in [-0.1, -0.05) is 0 Å². The molecule has 7 heteroatoms. The van der Waals surface area contributed by atoms with Crippen molar-refractivity contribution in [2.24, 2.45) is 7.92 Å². The number of carbonyl (C=O) groups is 1. The third-order valence-electron chi connectivity index (χ3n) is 2.64. The average molecular weight is 322 g/mol. The molecule has 0 spiro atoms. The second-order valence-corrected chi connectivity index (χ2v) is 5.01. The molecule has 2 N–H and O–H groups in total. The van der Waals surface area contributed by atoms with Gasteiger partial charge >= 0.3 is 114 Å². The second kappa shape index (κ2) is 4.87. The van der Waals surface area contributed by atoms with Crippen LogP contribution in [0.5, 0.6) is 0 Å². The Labute approximate surface area is 114 Å². The first-order valence-corrected chi connectivity index (χ1v) is 7.03. The number of carboxylic acids is 1. The molecule has 0 atom stereocenters. The Hall–Kier alpha value is -2.11. The fourth-order valence-electron chi connectivity index (χ4n) is 1.72. The van der Waals surface area contributed by atoms with Crippen LogP contribution in [0.3, 0.4) is 0 Å². The van der Waals surface area contributed by atoms with E-state index in [0.29, 0.717) is 12.3 Å². The number of benzene rings is 1. The number of furan rings is 1. The summed E-state index contributed by atoms with van der Waals surface area (Å²) in [6, 6.07) is 7.25. The molecule has 19 heavy (non-hydrogen) atoms. The van der Waals surface area contributed by atoms with Gasteiger partial charge in [0.1, 0.15) is 0 Å². The summed E-state index contributed by atoms with van der Waals surface area (Å²) in [7, 11) is 0. The fraction of sp³-hybridized carbons (Fsp3) is 0.0833. The first-order chi connectivity index (χ1) is 9.24. The number of carboxylic acid groups (broad SMARTS) is 1. The number of aromatic carboxylic acids is 1. The molecular weight excluding hydrogens is 313 g/mol. The molecule has 1 aromatic carbocycles. The fourth-order valence-corrected chi connectivity index (χ4v) is 2.87. The molecule has 2 aromatic rings. The first kappa shape index (κ1) is 12.0. The number of hydrogen-bond donors (Lipinski definition) is 2. The van der Waals surface area contributed by atoms with Crippen LogP contribution < -0.4 is 5.32 Å². The van der Waals surface area contributed by atoms with Gasteiger partial charge in [-0.2, -0.15) is 0 Å². The van der Waals surface area contributed by atoms with Crippen LogP contribution in [0.4, 0.5) is 17.1 Å². The van der Waals surface area contributed by atoms with Crippen LogP contribution >= 0.6 is 0 Å². The Morgan fingerprint density at radius 1 is 1.42 bits per heavy atom. The van der Waals surface area contributed by atoms with Gasteiger partial charge in [0.15, 0.2) is 0 Å². The molecular formula is C12H9N3O3Se. The van der Waals surface area contributed by atoms with Crippen molar-refractivity contribution in [2.45, 2.75) is 6.54 Å². The van der Waals surface area contributed by atoms with Crippen LogP contribution in [0.2, 0.25) is 0 Å². The van der Waals surface area contributed by atoms with Crippen molar-refractivity contribution < 1.29 is 14.3 Å². The third kappa shape index (κ3) is 2.38. The predicted octanol–water partition coefficient (Wildman–Crippen LogP) is 2.94. The van der Waals surface area contributed by atoms with Crippen molar-refractivity contribution in [1.82, 2.24) is 0 Å². The van der Waals surface area contributed by atoms with Crippen LogP contribution in [0.25, 0.3) is 0 Å². The normalized spacial score (nSPS) is 12.0. The molecule has 96 valence electrons. The maximum absolute atomic E-state index is 10.7. The van der Waals surface area contributed by atoms with Gasteiger partial charge in [-0.05, 0) is 0 Å². The standard InChI is InChI=1S/C12H9N3O3Se/c16-12(17)7-4-8(18-6-7)5-13-9-2-1-3-10-11(9)15-19-14-10/h1-4,6,13H,5H2,(H,16,17). The number of nitrogens with zero attached hydrogens (tertiary/aromatic N) is 2. The van der Waals surface area contributed by atoms with Crippen LogP contribution in [0.1, 0.15) is 16.1 Å². The topological polar surface area (TPSA) is 87.2 Å². The molecule has 3 rings (SSSR count). The predicted molar refractivity (Wildman–Crippen MR) is 69.4 cm³/mol. The Kier molecular flexibility index (Phi) is 3.06. The van der Waals surface area contributed by atoms with Gasteiger partial charge in [-0.3, -0.25) is 0 Å². The Morgan fingerprint density at radius 2 is 2.32 bits per heavy atom. The van der Waals surface area contributed by atoms with Gasteiger partial charge in [0, 0.05) is 0 Å². The van der Waals surface area contributed by atoms with Crippen LogP contribution in [0, 0.1) is 0 Å². The summed E-state index contributed by atoms with van der Waals surface area (Å²) < 4.78 is 13.8. The van der Waals surface area contributed by atoms with E-state index in [1.54, 1.807) is 0 Å². The van der Waals surface area contributed by atoms with Gasteiger partial charge in [0.2, 0.25) is 0 Å². The van der Waals surface area contributed by atoms with Gasteiger partial charge in [0.05, 0.1) is 0 Å². The molecule has 0 amide bonds. The van der Waals surface area contributed by atoms with Crippen molar-refractivity contribution in [3.63, 3.8) is 0 Å². The summed E-state index contributed by atoms with van der Waals surface area (Å²) in [5.74, 6) is -0.428. The average Bonchev–Trinajstić information content (AvgIpc) is 3.05. The Bertz CT molecular complexity index is 717. The third-order valence-corrected chi connectivity index (χ3v) is 3.78. The molecule has 1 aliphatic heterocycles. The summed E-state index contributed by atoms with van der Waals surface area (Å²) in [4.78, 5) is 10.7. The van der Waals surface area contributed by atoms with Gasteiger partial charge in [-0.15, -0.1) is 0 Å². The number of anilines is 1. The zero-order chi connectivity index (χ0) is 13.2. The number of nitrogens with one attached hydrogen (secondary N) is 1. The molecule has 0 bridgehead atoms. The Morgan fingerprint density at radius 3 is 3.11 bits per heavy atom. The van der Waals surface area contributed by atoms with E-state index >= 15 is 0 Å². The number of rotatable bonds is 4. The van der Waals surface area contributed by atoms with Crippen molar-refractivity contribution >= 4 is 37.6 Å². The van der Waals surface area contributed by atoms with E-state index in [-0.39, 0.29) is 20.1 Å². The maximum atomic E-state index is 10.7. The van der Waals surface area contributed by atoms with E-state index in [0.717, 1.165) is 17.1 Å². The summed E-state index contributed by atoms with van der Waals surface area (Å²) in [5.41, 5.74) is 2.80. The minimum absolute atomic E-state index is 0.0682. The van der Waals surface area contributed by atoms with E-state index in [2.05, 4.69) is 13.2 Å². The SMILES string of the molecule is O=C(O)c1coc(CNc2cccc3c2N=[Se]=N3)c1. The first-order valence-electron chi connectivity index (χ1n) is 5.50. The molecule has 0 saturated heterocycles. The molecule has 0 unspecified atom stereocenters. The Balaban J connectivity index is 1.75. The molecule has 2 heterocycles. The molecule has 6 nitrogen and oxygen atoms in total. The van der Waals surface area contributed by atoms with E-state index in [9.17, 15) is 4.79 Å². The van der Waals surface area contributed by atoms with E-state index in [1.165, 1.54) is 12.3 Å². The van der Waals surface area contributed by atoms with E-state index in [1.807, 2.05) is 18.2 Å². The summed E-state index contributed by atoms with van der Waals surface area (Å²) >= 11 is -0.0682. The quantitative estimate of drug-likeness (QED) is 0.723. The van der Waals surface area contributed by atoms with Crippen LogP contribution in [0.15, 0.2) is 42.9 Å². The van der Waals surface area contributed by atoms with Crippen molar-refractivity contribution in [1.29, 1.82) is 0 Å². The molecule has 1 aromatic heterocycles. The molecule has 0 saturated carbocycles. The number of hydrogen-bond acceptors (Lipinski definition) is 5. The zero-order valence-electron chi connectivity index (χ0n) is 9.66. The van der Waals surface area contributed by atoms with Gasteiger partial charge in [-0.25, -0.2) is 0 Å². The molecule has 0 fully saturated rings. The van der Waals surface area contributed by atoms with Crippen LogP contribution in [-0.2, 0) is 6.54 Å². The number of fused-ring (bicyclic) bond motifs is 1. The summed E-state index contributed by atoms with van der Waals surface area (Å²) in [5, 5.41) is 12.0. The van der Waals surface area contributed by atoms with Crippen molar-refractivity contribution in [2.75, 3.05) is 5.32 Å². The van der Waals surface area contributed by atoms with Crippen molar-refractivity contribution in [3.8, 4) is 0 Å². The van der Waals surface area contributed by atoms with Gasteiger partial charge < -0.3 is 0 Å². The minimum atomic E-state index is -0.993. The second-order valence-electron chi connectivity index (χ2n) is 3.90. The monoisotopic (exact) mass is 323 g/mol. The molecule has 0 aliphatic carbocycles. The van der Waals surface area contributed by atoms with Gasteiger partial charge in [0.25, 0.3) is 0 Å². The summed E-state index contributed by atoms with van der Waals surface area (Å²) in [6.07, 6.45) is 1.23. The van der Waals surface area contributed by atoms with Crippen molar-refractivity contribution in [3.05, 3.63) is 41.9 Å². The zero-order valence-corrected chi connectivity index (χ0v) is 11.4.